The van der Waals surface area contributed by atoms with E-state index in [1.165, 1.54) is 11.9 Å². The molecule has 2 aromatic heterocycles. The number of carbonyl (C=O) groups excluding carboxylic acids is 2. The average molecular weight is 300 g/mol. The number of rotatable bonds is 3. The fourth-order valence-electron chi connectivity index (χ4n) is 2.67. The first kappa shape index (κ1) is 13.2. The number of imide groups is 1. The maximum atomic E-state index is 12.3. The summed E-state index contributed by atoms with van der Waals surface area (Å²) < 4.78 is 1.86. The molecular weight excluding hydrogens is 284 g/mol. The molecule has 8 heteroatoms. The number of nitrogens with two attached hydrogens (primary N) is 1. The number of hydrogen-bond donors (Lipinski definition) is 1. The zero-order valence-electron chi connectivity index (χ0n) is 12.2. The van der Waals surface area contributed by atoms with E-state index in [0.29, 0.717) is 23.9 Å². The molecule has 1 aliphatic carbocycles. The zero-order valence-corrected chi connectivity index (χ0v) is 12.2. The first-order chi connectivity index (χ1) is 10.6. The highest BCUT2D eigenvalue weighted by Gasteiger charge is 2.37. The predicted molar refractivity (Wildman–Crippen MR) is 78.4 cm³/mol. The Balaban J connectivity index is 1.89. The number of urea groups is 1. The van der Waals surface area contributed by atoms with Crippen molar-refractivity contribution < 1.29 is 9.59 Å². The number of nitrogens with zero attached hydrogens (tertiary/aromatic N) is 5. The molecule has 0 bridgehead atoms. The van der Waals surface area contributed by atoms with Gasteiger partial charge in [0, 0.05) is 31.9 Å². The van der Waals surface area contributed by atoms with Gasteiger partial charge in [-0.05, 0) is 12.8 Å². The third-order valence-electron chi connectivity index (χ3n) is 4.13. The van der Waals surface area contributed by atoms with Crippen LogP contribution in [0.4, 0.5) is 10.6 Å². The van der Waals surface area contributed by atoms with Crippen LogP contribution >= 0.6 is 0 Å². The van der Waals surface area contributed by atoms with E-state index in [-0.39, 0.29) is 18.5 Å². The van der Waals surface area contributed by atoms with Gasteiger partial charge in [0.15, 0.2) is 11.5 Å². The Morgan fingerprint density at radius 3 is 2.64 bits per heavy atom. The van der Waals surface area contributed by atoms with Crippen molar-refractivity contribution in [3.05, 3.63) is 23.8 Å². The second-order valence-corrected chi connectivity index (χ2v) is 5.75. The Labute approximate surface area is 126 Å². The number of hydrogen-bond acceptors (Lipinski definition) is 5. The second-order valence-electron chi connectivity index (χ2n) is 5.75. The maximum Gasteiger partial charge on any atom is 0.332 e. The van der Waals surface area contributed by atoms with E-state index < -0.39 is 0 Å². The summed E-state index contributed by atoms with van der Waals surface area (Å²) in [7, 11) is 1.48. The zero-order chi connectivity index (χ0) is 15.4. The largest absolute Gasteiger partial charge is 0.332 e. The van der Waals surface area contributed by atoms with Crippen LogP contribution in [0.3, 0.4) is 0 Å². The third kappa shape index (κ3) is 1.87. The molecule has 2 N–H and O–H groups in total. The first-order valence-electron chi connectivity index (χ1n) is 7.25. The topological polar surface area (TPSA) is 96.8 Å². The lowest BCUT2D eigenvalue weighted by atomic mass is 10.3. The Morgan fingerprint density at radius 2 is 2.05 bits per heavy atom. The van der Waals surface area contributed by atoms with Crippen LogP contribution in [0.15, 0.2) is 12.4 Å². The molecule has 0 aromatic carbocycles. The van der Waals surface area contributed by atoms with Gasteiger partial charge in [-0.3, -0.25) is 14.6 Å². The number of likely N-dealkylation sites (N-methyl/N-ethyl adjacent to an activating group) is 1. The van der Waals surface area contributed by atoms with Gasteiger partial charge in [-0.1, -0.05) is 0 Å². The summed E-state index contributed by atoms with van der Waals surface area (Å²) in [6, 6.07) is -0.371. The molecule has 4 rings (SSSR count). The summed E-state index contributed by atoms with van der Waals surface area (Å²) in [4.78, 5) is 35.6. The molecule has 22 heavy (non-hydrogen) atoms. The minimum absolute atomic E-state index is 0.00304. The van der Waals surface area contributed by atoms with Crippen molar-refractivity contribution in [3.63, 3.8) is 0 Å². The van der Waals surface area contributed by atoms with E-state index in [4.69, 9.17) is 5.73 Å². The van der Waals surface area contributed by atoms with Crippen LogP contribution in [-0.4, -0.2) is 44.8 Å². The van der Waals surface area contributed by atoms with Crippen molar-refractivity contribution in [1.82, 2.24) is 19.3 Å². The quantitative estimate of drug-likeness (QED) is 0.831. The van der Waals surface area contributed by atoms with Gasteiger partial charge in [0.2, 0.25) is 0 Å². The highest BCUT2D eigenvalue weighted by atomic mass is 16.2. The van der Waals surface area contributed by atoms with Crippen LogP contribution in [0.25, 0.3) is 5.65 Å². The second kappa shape index (κ2) is 4.51. The van der Waals surface area contributed by atoms with E-state index >= 15 is 0 Å². The van der Waals surface area contributed by atoms with Gasteiger partial charge >= 0.3 is 6.03 Å². The van der Waals surface area contributed by atoms with Crippen LogP contribution in [-0.2, 0) is 11.3 Å². The van der Waals surface area contributed by atoms with Crippen molar-refractivity contribution in [2.45, 2.75) is 25.3 Å². The standard InChI is InChI=1S/C14H16N6O2/c1-18-11(21)7-20(14(18)22)13-12-16-9(4-15)5-19(12)6-10(17-13)8-2-3-8/h5-6,8H,2-4,7,15H2,1H3. The summed E-state index contributed by atoms with van der Waals surface area (Å²) in [5.74, 6) is 0.622. The molecule has 3 heterocycles. The molecule has 0 unspecified atom stereocenters. The molecule has 0 radical (unpaired) electrons. The number of imidazole rings is 1. The highest BCUT2D eigenvalue weighted by Crippen LogP contribution is 2.40. The van der Waals surface area contributed by atoms with Gasteiger partial charge in [-0.25, -0.2) is 14.8 Å². The highest BCUT2D eigenvalue weighted by molar-refractivity contribution is 6.12. The smallest absolute Gasteiger partial charge is 0.325 e. The van der Waals surface area contributed by atoms with Crippen LogP contribution in [0, 0.1) is 0 Å². The monoisotopic (exact) mass is 300 g/mol. The number of anilines is 1. The summed E-state index contributed by atoms with van der Waals surface area (Å²) >= 11 is 0. The number of fused-ring (bicyclic) bond motifs is 1. The van der Waals surface area contributed by atoms with Gasteiger partial charge in [0.1, 0.15) is 6.54 Å². The lowest BCUT2D eigenvalue weighted by molar-refractivity contribution is -0.123. The van der Waals surface area contributed by atoms with E-state index in [2.05, 4.69) is 9.97 Å². The molecule has 1 aliphatic heterocycles. The SMILES string of the molecule is CN1C(=O)CN(c2nc(C3CC3)cn3cc(CN)nc23)C1=O. The molecule has 8 nitrogen and oxygen atoms in total. The summed E-state index contributed by atoms with van der Waals surface area (Å²) in [5.41, 5.74) is 7.87. The van der Waals surface area contributed by atoms with Crippen LogP contribution in [0.5, 0.6) is 0 Å². The van der Waals surface area contributed by atoms with Gasteiger partial charge in [0.25, 0.3) is 5.91 Å². The van der Waals surface area contributed by atoms with Crippen molar-refractivity contribution in [2.75, 3.05) is 18.5 Å². The predicted octanol–water partition coefficient (Wildman–Crippen LogP) is 0.464. The van der Waals surface area contributed by atoms with E-state index in [1.54, 1.807) is 0 Å². The van der Waals surface area contributed by atoms with Crippen LogP contribution in [0.1, 0.15) is 30.1 Å². The lowest BCUT2D eigenvalue weighted by Gasteiger charge is -2.15. The molecule has 114 valence electrons. The fourth-order valence-corrected chi connectivity index (χ4v) is 2.67. The number of aromatic nitrogens is 3. The lowest BCUT2D eigenvalue weighted by Crippen LogP contribution is -2.31. The number of carbonyl (C=O) groups is 2. The minimum atomic E-state index is -0.371. The van der Waals surface area contributed by atoms with E-state index in [0.717, 1.165) is 29.1 Å². The average Bonchev–Trinajstić information content (AvgIpc) is 3.23. The van der Waals surface area contributed by atoms with Crippen molar-refractivity contribution in [1.29, 1.82) is 0 Å². The van der Waals surface area contributed by atoms with Gasteiger partial charge in [-0.2, -0.15) is 0 Å². The fraction of sp³-hybridized carbons (Fsp3) is 0.429. The van der Waals surface area contributed by atoms with Crippen molar-refractivity contribution in [2.24, 2.45) is 5.73 Å². The van der Waals surface area contributed by atoms with Gasteiger partial charge in [0.05, 0.1) is 11.4 Å². The van der Waals surface area contributed by atoms with E-state index in [9.17, 15) is 9.59 Å². The molecule has 0 spiro atoms. The first-order valence-corrected chi connectivity index (χ1v) is 7.25. The summed E-state index contributed by atoms with van der Waals surface area (Å²) in [6.07, 6.45) is 5.99. The van der Waals surface area contributed by atoms with Crippen molar-refractivity contribution >= 4 is 23.4 Å². The molecule has 0 atom stereocenters. The summed E-state index contributed by atoms with van der Waals surface area (Å²) in [5, 5.41) is 0. The Hall–Kier alpha value is -2.48. The van der Waals surface area contributed by atoms with E-state index in [1.807, 2.05) is 16.8 Å². The Kier molecular flexibility index (Phi) is 2.70. The Bertz CT molecular complexity index is 794. The number of amides is 3. The Morgan fingerprint density at radius 1 is 1.27 bits per heavy atom. The third-order valence-corrected chi connectivity index (χ3v) is 4.13. The molecule has 1 saturated heterocycles. The molecule has 2 aromatic rings. The van der Waals surface area contributed by atoms with Crippen molar-refractivity contribution in [3.8, 4) is 0 Å². The minimum Gasteiger partial charge on any atom is -0.325 e. The summed E-state index contributed by atoms with van der Waals surface area (Å²) in [6.45, 7) is 0.309. The normalized spacial score (nSPS) is 18.8. The molecule has 3 amide bonds. The van der Waals surface area contributed by atoms with Crippen LogP contribution in [0.2, 0.25) is 0 Å². The molecular formula is C14H16N6O2. The molecule has 1 saturated carbocycles. The molecule has 2 fully saturated rings. The van der Waals surface area contributed by atoms with Gasteiger partial charge in [-0.15, -0.1) is 0 Å². The maximum absolute atomic E-state index is 12.3. The van der Waals surface area contributed by atoms with Gasteiger partial charge < -0.3 is 10.1 Å². The van der Waals surface area contributed by atoms with Crippen LogP contribution < -0.4 is 10.6 Å². The molecule has 2 aliphatic rings.